The summed E-state index contributed by atoms with van der Waals surface area (Å²) in [5.74, 6) is -1.17. The molecule has 0 spiro atoms. The summed E-state index contributed by atoms with van der Waals surface area (Å²) in [5, 5.41) is 11.6. The molecule has 0 aliphatic heterocycles. The molecule has 1 atom stereocenters. The van der Waals surface area contributed by atoms with Gasteiger partial charge in [-0.05, 0) is 30.5 Å². The van der Waals surface area contributed by atoms with Crippen LogP contribution in [0.1, 0.15) is 18.9 Å². The van der Waals surface area contributed by atoms with Gasteiger partial charge in [0.2, 0.25) is 0 Å². The van der Waals surface area contributed by atoms with Crippen molar-refractivity contribution in [1.82, 2.24) is 0 Å². The van der Waals surface area contributed by atoms with Crippen molar-refractivity contribution in [3.63, 3.8) is 0 Å². The van der Waals surface area contributed by atoms with Crippen LogP contribution in [0.3, 0.4) is 0 Å². The standard InChI is InChI=1S/C15H19NO4/c1-3-9-20-15(19)16-13-7-5-11(6-8-13)10-12(4-2)14(17)18/h3,5-8,12H,1,4,9-10H2,2H3,(H,16,19)(H,17,18). The van der Waals surface area contributed by atoms with Gasteiger partial charge in [-0.15, -0.1) is 0 Å². The van der Waals surface area contributed by atoms with Crippen LogP contribution in [0.25, 0.3) is 0 Å². The lowest BCUT2D eigenvalue weighted by molar-refractivity contribution is -0.141. The number of hydrogen-bond donors (Lipinski definition) is 2. The van der Waals surface area contributed by atoms with Gasteiger partial charge >= 0.3 is 12.1 Å². The Bertz CT molecular complexity index is 467. The van der Waals surface area contributed by atoms with E-state index in [0.717, 1.165) is 5.56 Å². The first-order valence-corrected chi connectivity index (χ1v) is 6.43. The molecule has 0 radical (unpaired) electrons. The summed E-state index contributed by atoms with van der Waals surface area (Å²) in [6, 6.07) is 7.04. The van der Waals surface area contributed by atoms with Gasteiger partial charge in [-0.25, -0.2) is 4.79 Å². The molecule has 1 amide bonds. The molecule has 1 aromatic rings. The smallest absolute Gasteiger partial charge is 0.411 e. The van der Waals surface area contributed by atoms with Gasteiger partial charge in [0.15, 0.2) is 0 Å². The lowest BCUT2D eigenvalue weighted by Crippen LogP contribution is -2.15. The molecule has 0 aromatic heterocycles. The number of hydrogen-bond acceptors (Lipinski definition) is 3. The first kappa shape index (κ1) is 15.8. The molecule has 0 aliphatic carbocycles. The molecule has 0 bridgehead atoms. The number of aliphatic carboxylic acids is 1. The van der Waals surface area contributed by atoms with Gasteiger partial charge in [0.1, 0.15) is 6.61 Å². The number of carbonyl (C=O) groups is 2. The van der Waals surface area contributed by atoms with Crippen LogP contribution >= 0.6 is 0 Å². The number of benzene rings is 1. The summed E-state index contributed by atoms with van der Waals surface area (Å²) in [6.07, 6.45) is 2.00. The van der Waals surface area contributed by atoms with Crippen LogP contribution in [0.4, 0.5) is 10.5 Å². The van der Waals surface area contributed by atoms with E-state index in [-0.39, 0.29) is 12.5 Å². The monoisotopic (exact) mass is 277 g/mol. The first-order valence-electron chi connectivity index (χ1n) is 6.43. The molecule has 0 aliphatic rings. The van der Waals surface area contributed by atoms with E-state index in [9.17, 15) is 9.59 Å². The molecule has 5 nitrogen and oxygen atoms in total. The summed E-state index contributed by atoms with van der Waals surface area (Å²) in [7, 11) is 0. The summed E-state index contributed by atoms with van der Waals surface area (Å²) in [6.45, 7) is 5.45. The van der Waals surface area contributed by atoms with Gasteiger partial charge in [0.25, 0.3) is 0 Å². The Labute approximate surface area is 118 Å². The van der Waals surface area contributed by atoms with Gasteiger partial charge in [-0.3, -0.25) is 10.1 Å². The number of nitrogens with one attached hydrogen (secondary N) is 1. The third-order valence-electron chi connectivity index (χ3n) is 2.86. The van der Waals surface area contributed by atoms with Crippen molar-refractivity contribution in [2.45, 2.75) is 19.8 Å². The van der Waals surface area contributed by atoms with Crippen LogP contribution in [0, 0.1) is 5.92 Å². The van der Waals surface area contributed by atoms with E-state index in [1.54, 1.807) is 24.3 Å². The highest BCUT2D eigenvalue weighted by molar-refractivity contribution is 5.84. The maximum atomic E-state index is 11.3. The Morgan fingerprint density at radius 1 is 1.40 bits per heavy atom. The van der Waals surface area contributed by atoms with E-state index in [2.05, 4.69) is 11.9 Å². The SMILES string of the molecule is C=CCOC(=O)Nc1ccc(CC(CC)C(=O)O)cc1. The zero-order valence-corrected chi connectivity index (χ0v) is 11.5. The third kappa shape index (κ3) is 5.14. The second-order valence-electron chi connectivity index (χ2n) is 4.36. The summed E-state index contributed by atoms with van der Waals surface area (Å²) in [5.41, 5.74) is 1.52. The minimum absolute atomic E-state index is 0.153. The molecule has 1 aromatic carbocycles. The first-order chi connectivity index (χ1) is 9.56. The minimum atomic E-state index is -0.789. The third-order valence-corrected chi connectivity index (χ3v) is 2.86. The fraction of sp³-hybridized carbons (Fsp3) is 0.333. The average molecular weight is 277 g/mol. The van der Waals surface area contributed by atoms with Gasteiger partial charge in [-0.1, -0.05) is 31.7 Å². The number of anilines is 1. The fourth-order valence-electron chi connectivity index (χ4n) is 1.70. The van der Waals surface area contributed by atoms with Gasteiger partial charge in [0.05, 0.1) is 5.92 Å². The van der Waals surface area contributed by atoms with E-state index >= 15 is 0 Å². The highest BCUT2D eigenvalue weighted by Gasteiger charge is 2.15. The van der Waals surface area contributed by atoms with Gasteiger partial charge in [-0.2, -0.15) is 0 Å². The number of ether oxygens (including phenoxy) is 1. The quantitative estimate of drug-likeness (QED) is 0.751. The molecule has 0 saturated carbocycles. The summed E-state index contributed by atoms with van der Waals surface area (Å²) < 4.78 is 4.79. The Balaban J connectivity index is 2.57. The summed E-state index contributed by atoms with van der Waals surface area (Å²) in [4.78, 5) is 22.3. The number of carboxylic acids is 1. The van der Waals surface area contributed by atoms with Crippen molar-refractivity contribution in [2.24, 2.45) is 5.92 Å². The molecular weight excluding hydrogens is 258 g/mol. The van der Waals surface area contributed by atoms with Crippen molar-refractivity contribution in [1.29, 1.82) is 0 Å². The van der Waals surface area contributed by atoms with E-state index in [1.165, 1.54) is 6.08 Å². The van der Waals surface area contributed by atoms with Crippen molar-refractivity contribution in [3.05, 3.63) is 42.5 Å². The number of amides is 1. The van der Waals surface area contributed by atoms with E-state index < -0.39 is 12.1 Å². The molecule has 5 heteroatoms. The number of carboxylic acid groups (broad SMARTS) is 1. The molecule has 1 unspecified atom stereocenters. The normalized spacial score (nSPS) is 11.4. The minimum Gasteiger partial charge on any atom is -0.481 e. The Hall–Kier alpha value is -2.30. The zero-order valence-electron chi connectivity index (χ0n) is 11.5. The second kappa shape index (κ2) is 7.99. The van der Waals surface area contributed by atoms with Crippen LogP contribution in [0.5, 0.6) is 0 Å². The maximum absolute atomic E-state index is 11.3. The molecule has 0 heterocycles. The Morgan fingerprint density at radius 2 is 2.05 bits per heavy atom. The molecule has 1 rings (SSSR count). The highest BCUT2D eigenvalue weighted by atomic mass is 16.5. The van der Waals surface area contributed by atoms with Gasteiger partial charge in [0, 0.05) is 5.69 Å². The molecule has 108 valence electrons. The predicted octanol–water partition coefficient (Wildman–Crippen LogP) is 3.07. The number of carbonyl (C=O) groups excluding carboxylic acids is 1. The van der Waals surface area contributed by atoms with Gasteiger partial charge < -0.3 is 9.84 Å². The Morgan fingerprint density at radius 3 is 2.55 bits per heavy atom. The lowest BCUT2D eigenvalue weighted by Gasteiger charge is -2.10. The highest BCUT2D eigenvalue weighted by Crippen LogP contribution is 2.15. The van der Waals surface area contributed by atoms with Crippen LogP contribution < -0.4 is 5.32 Å². The fourth-order valence-corrected chi connectivity index (χ4v) is 1.70. The van der Waals surface area contributed by atoms with Crippen LogP contribution in [-0.2, 0) is 16.0 Å². The molecule has 20 heavy (non-hydrogen) atoms. The summed E-state index contributed by atoms with van der Waals surface area (Å²) >= 11 is 0. The van der Waals surface area contributed by atoms with Crippen LogP contribution in [-0.4, -0.2) is 23.8 Å². The molecular formula is C15H19NO4. The number of rotatable bonds is 7. The average Bonchev–Trinajstić information content (AvgIpc) is 2.44. The second-order valence-corrected chi connectivity index (χ2v) is 4.36. The molecule has 2 N–H and O–H groups in total. The van der Waals surface area contributed by atoms with E-state index in [4.69, 9.17) is 9.84 Å². The van der Waals surface area contributed by atoms with Crippen molar-refractivity contribution < 1.29 is 19.4 Å². The van der Waals surface area contributed by atoms with Crippen LogP contribution in [0.15, 0.2) is 36.9 Å². The predicted molar refractivity (Wildman–Crippen MR) is 76.7 cm³/mol. The molecule has 0 saturated heterocycles. The van der Waals surface area contributed by atoms with E-state index in [1.807, 2.05) is 6.92 Å². The van der Waals surface area contributed by atoms with Crippen molar-refractivity contribution in [2.75, 3.05) is 11.9 Å². The lowest BCUT2D eigenvalue weighted by atomic mass is 9.97. The molecule has 0 fully saturated rings. The van der Waals surface area contributed by atoms with Crippen molar-refractivity contribution >= 4 is 17.7 Å². The zero-order chi connectivity index (χ0) is 15.0. The topological polar surface area (TPSA) is 75.6 Å². The van der Waals surface area contributed by atoms with Crippen LogP contribution in [0.2, 0.25) is 0 Å². The largest absolute Gasteiger partial charge is 0.481 e. The Kier molecular flexibility index (Phi) is 6.29. The maximum Gasteiger partial charge on any atom is 0.411 e. The van der Waals surface area contributed by atoms with E-state index in [0.29, 0.717) is 18.5 Å². The van der Waals surface area contributed by atoms with Crippen molar-refractivity contribution in [3.8, 4) is 0 Å².